The Morgan fingerprint density at radius 3 is 2.74 bits per heavy atom. The first kappa shape index (κ1) is 14.3. The van der Waals surface area contributed by atoms with Gasteiger partial charge in [-0.3, -0.25) is 4.79 Å². The molecule has 1 heterocycles. The van der Waals surface area contributed by atoms with Gasteiger partial charge in [-0.2, -0.15) is 8.42 Å². The minimum atomic E-state index is -4.55. The Kier molecular flexibility index (Phi) is 3.82. The predicted molar refractivity (Wildman–Crippen MR) is 71.5 cm³/mol. The lowest BCUT2D eigenvalue weighted by Crippen LogP contribution is -2.26. The maximum absolute atomic E-state index is 12.7. The molecule has 4 nitrogen and oxygen atoms in total. The molecule has 1 saturated heterocycles. The fraction of sp³-hybridized carbons (Fsp3) is 0.417. The van der Waals surface area contributed by atoms with Crippen molar-refractivity contribution >= 4 is 33.4 Å². The lowest BCUT2D eigenvalue weighted by molar-refractivity contribution is -0.117. The van der Waals surface area contributed by atoms with Crippen LogP contribution in [-0.4, -0.2) is 26.6 Å². The summed E-state index contributed by atoms with van der Waals surface area (Å²) in [6.45, 7) is 2.03. The fourth-order valence-electron chi connectivity index (χ4n) is 2.33. The normalized spacial score (nSPS) is 20.1. The first-order valence-corrected chi connectivity index (χ1v) is 7.68. The van der Waals surface area contributed by atoms with Gasteiger partial charge in [-0.1, -0.05) is 11.6 Å². The van der Waals surface area contributed by atoms with Gasteiger partial charge in [0.1, 0.15) is 0 Å². The molecule has 7 heteroatoms. The summed E-state index contributed by atoms with van der Waals surface area (Å²) in [5.74, 6) is -1.31. The molecule has 1 amide bonds. The first-order chi connectivity index (χ1) is 8.76. The maximum Gasteiger partial charge on any atom is 0.302 e. The number of aryl methyl sites for hydroxylation is 1. The van der Waals surface area contributed by atoms with Gasteiger partial charge >= 0.3 is 10.2 Å². The lowest BCUT2D eigenvalue weighted by atomic mass is 10.1. The molecular weight excluding hydrogens is 293 g/mol. The Balaban J connectivity index is 2.20. The number of nitrogens with zero attached hydrogens (tertiary/aromatic N) is 1. The molecule has 104 valence electrons. The van der Waals surface area contributed by atoms with E-state index in [-0.39, 0.29) is 18.9 Å². The van der Waals surface area contributed by atoms with E-state index in [1.165, 1.54) is 4.90 Å². The van der Waals surface area contributed by atoms with Crippen LogP contribution in [0.2, 0.25) is 5.02 Å². The zero-order chi connectivity index (χ0) is 14.2. The summed E-state index contributed by atoms with van der Waals surface area (Å²) in [5.41, 5.74) is 1.51. The second-order valence-corrected chi connectivity index (χ2v) is 6.56. The predicted octanol–water partition coefficient (Wildman–Crippen LogP) is 2.30. The van der Waals surface area contributed by atoms with Crippen molar-refractivity contribution in [1.29, 1.82) is 0 Å². The second-order valence-electron chi connectivity index (χ2n) is 4.71. The smallest absolute Gasteiger partial charge is 0.302 e. The van der Waals surface area contributed by atoms with E-state index >= 15 is 0 Å². The summed E-state index contributed by atoms with van der Waals surface area (Å²) < 4.78 is 33.9. The Hall–Kier alpha value is -1.14. The number of carbonyl (C=O) groups is 1. The van der Waals surface area contributed by atoms with Crippen LogP contribution in [0.15, 0.2) is 18.2 Å². The van der Waals surface area contributed by atoms with Crippen molar-refractivity contribution in [3.63, 3.8) is 0 Å². The molecule has 1 unspecified atom stereocenters. The highest BCUT2D eigenvalue weighted by atomic mass is 35.5. The van der Waals surface area contributed by atoms with Gasteiger partial charge in [0.15, 0.2) is 0 Å². The largest absolute Gasteiger partial charge is 0.312 e. The van der Waals surface area contributed by atoms with E-state index in [4.69, 9.17) is 11.6 Å². The van der Waals surface area contributed by atoms with Crippen molar-refractivity contribution < 1.29 is 17.1 Å². The van der Waals surface area contributed by atoms with Gasteiger partial charge in [0.05, 0.1) is 5.75 Å². The first-order valence-electron chi connectivity index (χ1n) is 5.75. The van der Waals surface area contributed by atoms with E-state index in [0.29, 0.717) is 10.7 Å². The molecule has 2 rings (SSSR count). The number of carbonyl (C=O) groups excluding carboxylic acids is 1. The zero-order valence-electron chi connectivity index (χ0n) is 10.3. The quantitative estimate of drug-likeness (QED) is 0.805. The van der Waals surface area contributed by atoms with Gasteiger partial charge in [-0.25, -0.2) is 0 Å². The molecule has 1 atom stereocenters. The van der Waals surface area contributed by atoms with Gasteiger partial charge in [0, 0.05) is 29.6 Å². The number of rotatable bonds is 3. The molecule has 0 aromatic heterocycles. The summed E-state index contributed by atoms with van der Waals surface area (Å²) in [6, 6.07) is 5.10. The van der Waals surface area contributed by atoms with E-state index in [2.05, 4.69) is 0 Å². The van der Waals surface area contributed by atoms with Crippen LogP contribution in [0.5, 0.6) is 0 Å². The van der Waals surface area contributed by atoms with Gasteiger partial charge < -0.3 is 4.90 Å². The molecule has 1 aliphatic rings. The Labute approximate surface area is 116 Å². The van der Waals surface area contributed by atoms with E-state index in [1.54, 1.807) is 18.2 Å². The molecule has 0 aliphatic carbocycles. The third kappa shape index (κ3) is 3.45. The SMILES string of the molecule is Cc1cc(Cl)ccc1N1CC(CS(=O)(=O)F)CC1=O. The van der Waals surface area contributed by atoms with Gasteiger partial charge in [-0.15, -0.1) is 3.89 Å². The number of anilines is 1. The molecule has 19 heavy (non-hydrogen) atoms. The van der Waals surface area contributed by atoms with Crippen LogP contribution in [-0.2, 0) is 15.0 Å². The van der Waals surface area contributed by atoms with Gasteiger partial charge in [0.25, 0.3) is 0 Å². The van der Waals surface area contributed by atoms with Crippen LogP contribution in [0.4, 0.5) is 9.57 Å². The molecule has 0 saturated carbocycles. The average Bonchev–Trinajstić information content (AvgIpc) is 2.56. The Morgan fingerprint density at radius 2 is 2.16 bits per heavy atom. The lowest BCUT2D eigenvalue weighted by Gasteiger charge is -2.19. The molecule has 0 radical (unpaired) electrons. The van der Waals surface area contributed by atoms with Gasteiger partial charge in [0.2, 0.25) is 5.91 Å². The number of hydrogen-bond donors (Lipinski definition) is 0. The average molecular weight is 306 g/mol. The van der Waals surface area contributed by atoms with Crippen LogP contribution in [0.25, 0.3) is 0 Å². The zero-order valence-corrected chi connectivity index (χ0v) is 11.8. The topological polar surface area (TPSA) is 54.5 Å². The summed E-state index contributed by atoms with van der Waals surface area (Å²) in [4.78, 5) is 13.4. The van der Waals surface area contributed by atoms with Crippen molar-refractivity contribution in [1.82, 2.24) is 0 Å². The Bertz CT molecular complexity index is 617. The van der Waals surface area contributed by atoms with E-state index in [0.717, 1.165) is 5.56 Å². The van der Waals surface area contributed by atoms with Crippen molar-refractivity contribution in [2.75, 3.05) is 17.2 Å². The number of hydrogen-bond acceptors (Lipinski definition) is 3. The second kappa shape index (κ2) is 5.09. The molecule has 0 N–H and O–H groups in total. The highest BCUT2D eigenvalue weighted by Crippen LogP contribution is 2.30. The molecule has 1 aromatic carbocycles. The van der Waals surface area contributed by atoms with Gasteiger partial charge in [-0.05, 0) is 30.7 Å². The van der Waals surface area contributed by atoms with Crippen LogP contribution in [0.3, 0.4) is 0 Å². The van der Waals surface area contributed by atoms with E-state index < -0.39 is 21.9 Å². The molecular formula is C12H13ClFNO3S. The summed E-state index contributed by atoms with van der Waals surface area (Å²) in [7, 11) is -4.55. The molecule has 0 spiro atoms. The third-order valence-corrected chi connectivity index (χ3v) is 4.19. The van der Waals surface area contributed by atoms with Crippen molar-refractivity contribution in [3.8, 4) is 0 Å². The van der Waals surface area contributed by atoms with Crippen molar-refractivity contribution in [2.24, 2.45) is 5.92 Å². The van der Waals surface area contributed by atoms with Crippen molar-refractivity contribution in [2.45, 2.75) is 13.3 Å². The Morgan fingerprint density at radius 1 is 1.47 bits per heavy atom. The van der Waals surface area contributed by atoms with Crippen LogP contribution >= 0.6 is 11.6 Å². The highest BCUT2D eigenvalue weighted by Gasteiger charge is 2.34. The minimum Gasteiger partial charge on any atom is -0.312 e. The molecule has 1 fully saturated rings. The monoisotopic (exact) mass is 305 g/mol. The summed E-state index contributed by atoms with van der Waals surface area (Å²) in [5, 5.41) is 0.566. The molecule has 0 bridgehead atoms. The summed E-state index contributed by atoms with van der Waals surface area (Å²) >= 11 is 5.84. The highest BCUT2D eigenvalue weighted by molar-refractivity contribution is 7.86. The van der Waals surface area contributed by atoms with Crippen LogP contribution in [0, 0.1) is 12.8 Å². The summed E-state index contributed by atoms with van der Waals surface area (Å²) in [6.07, 6.45) is 0.0468. The fourth-order valence-corrected chi connectivity index (χ4v) is 3.34. The maximum atomic E-state index is 12.7. The minimum absolute atomic E-state index is 0.0468. The van der Waals surface area contributed by atoms with E-state index in [9.17, 15) is 17.1 Å². The number of benzene rings is 1. The molecule has 1 aromatic rings. The van der Waals surface area contributed by atoms with E-state index in [1.807, 2.05) is 6.92 Å². The van der Waals surface area contributed by atoms with Crippen molar-refractivity contribution in [3.05, 3.63) is 28.8 Å². The van der Waals surface area contributed by atoms with Crippen LogP contribution < -0.4 is 4.90 Å². The molecule has 1 aliphatic heterocycles. The standard InChI is InChI=1S/C12H13ClFNO3S/c1-8-4-10(13)2-3-11(8)15-6-9(5-12(15)16)7-19(14,17)18/h2-4,9H,5-7H2,1H3. The third-order valence-electron chi connectivity index (χ3n) is 3.09. The van der Waals surface area contributed by atoms with Crippen LogP contribution in [0.1, 0.15) is 12.0 Å². The number of amides is 1. The number of halogens is 2.